The summed E-state index contributed by atoms with van der Waals surface area (Å²) < 4.78 is 0. The fraction of sp³-hybridized carbons (Fsp3) is 0.588. The number of piperazine rings is 1. The lowest BCUT2D eigenvalue weighted by atomic mass is 9.94. The molecule has 6 heteroatoms. The molecule has 0 atom stereocenters. The number of nitrogens with zero attached hydrogens (tertiary/aromatic N) is 2. The van der Waals surface area contributed by atoms with Gasteiger partial charge in [-0.15, -0.1) is 0 Å². The summed E-state index contributed by atoms with van der Waals surface area (Å²) in [6.07, 6.45) is 6.69. The van der Waals surface area contributed by atoms with E-state index in [9.17, 15) is 4.79 Å². The van der Waals surface area contributed by atoms with E-state index in [0.29, 0.717) is 15.7 Å². The lowest BCUT2D eigenvalue weighted by Gasteiger charge is -2.40. The van der Waals surface area contributed by atoms with E-state index in [1.54, 1.807) is 18.2 Å². The van der Waals surface area contributed by atoms with Crippen LogP contribution in [0.15, 0.2) is 18.2 Å². The Balaban J connectivity index is 1.53. The minimum absolute atomic E-state index is 0.0996. The molecule has 1 aliphatic heterocycles. The highest BCUT2D eigenvalue weighted by molar-refractivity contribution is 6.43. The lowest BCUT2D eigenvalue weighted by Crippen LogP contribution is -2.53. The Morgan fingerprint density at radius 3 is 2.43 bits per heavy atom. The Kier molecular flexibility index (Phi) is 5.67. The first-order valence-electron chi connectivity index (χ1n) is 8.39. The van der Waals surface area contributed by atoms with E-state index >= 15 is 0 Å². The highest BCUT2D eigenvalue weighted by Crippen LogP contribution is 2.30. The summed E-state index contributed by atoms with van der Waals surface area (Å²) in [6.45, 7) is 3.45. The number of anilines is 1. The number of hydrogen-bond donors (Lipinski definition) is 1. The second-order valence-corrected chi connectivity index (χ2v) is 7.13. The van der Waals surface area contributed by atoms with Crippen molar-refractivity contribution in [3.05, 3.63) is 28.2 Å². The summed E-state index contributed by atoms with van der Waals surface area (Å²) in [7, 11) is 0. The second kappa shape index (κ2) is 7.73. The van der Waals surface area contributed by atoms with Gasteiger partial charge in [0.2, 0.25) is 0 Å². The number of rotatable bonds is 2. The van der Waals surface area contributed by atoms with Crippen LogP contribution in [0.25, 0.3) is 0 Å². The van der Waals surface area contributed by atoms with Crippen molar-refractivity contribution in [1.82, 2.24) is 9.80 Å². The monoisotopic (exact) mass is 355 g/mol. The molecule has 4 nitrogen and oxygen atoms in total. The highest BCUT2D eigenvalue weighted by atomic mass is 35.5. The van der Waals surface area contributed by atoms with Crippen LogP contribution >= 0.6 is 23.2 Å². The summed E-state index contributed by atoms with van der Waals surface area (Å²) in [6, 6.07) is 5.88. The summed E-state index contributed by atoms with van der Waals surface area (Å²) in [5.74, 6) is 0. The molecule has 1 saturated carbocycles. The Bertz CT molecular complexity index is 553. The molecule has 1 aromatic rings. The zero-order valence-electron chi connectivity index (χ0n) is 13.2. The molecule has 2 amide bonds. The van der Waals surface area contributed by atoms with Gasteiger partial charge in [-0.25, -0.2) is 4.79 Å². The van der Waals surface area contributed by atoms with E-state index in [1.807, 2.05) is 4.90 Å². The SMILES string of the molecule is O=C(Nc1cccc(Cl)c1Cl)N1CCN(C2CCCCC2)CC1. The molecule has 0 unspecified atom stereocenters. The lowest BCUT2D eigenvalue weighted by molar-refractivity contribution is 0.0943. The van der Waals surface area contributed by atoms with Gasteiger partial charge in [0.1, 0.15) is 0 Å². The molecule has 1 N–H and O–H groups in total. The predicted octanol–water partition coefficient (Wildman–Crippen LogP) is 4.48. The number of nitrogens with one attached hydrogen (secondary N) is 1. The van der Waals surface area contributed by atoms with Gasteiger partial charge in [0.15, 0.2) is 0 Å². The van der Waals surface area contributed by atoms with Crippen molar-refractivity contribution < 1.29 is 4.79 Å². The van der Waals surface area contributed by atoms with Crippen molar-refractivity contribution in [3.8, 4) is 0 Å². The van der Waals surface area contributed by atoms with Crippen molar-refractivity contribution in [2.24, 2.45) is 0 Å². The molecule has 2 aliphatic rings. The Labute approximate surface area is 147 Å². The van der Waals surface area contributed by atoms with E-state index in [0.717, 1.165) is 32.2 Å². The number of carbonyl (C=O) groups is 1. The molecule has 1 heterocycles. The first-order chi connectivity index (χ1) is 11.1. The molecule has 1 saturated heterocycles. The first-order valence-corrected chi connectivity index (χ1v) is 9.15. The molecule has 2 fully saturated rings. The van der Waals surface area contributed by atoms with Crippen molar-refractivity contribution >= 4 is 34.9 Å². The van der Waals surface area contributed by atoms with Gasteiger partial charge in [-0.2, -0.15) is 0 Å². The van der Waals surface area contributed by atoms with Gasteiger partial charge in [0, 0.05) is 32.2 Å². The molecular weight excluding hydrogens is 333 g/mol. The topological polar surface area (TPSA) is 35.6 Å². The number of hydrogen-bond acceptors (Lipinski definition) is 2. The Morgan fingerprint density at radius 2 is 1.74 bits per heavy atom. The van der Waals surface area contributed by atoms with Crippen LogP contribution in [-0.2, 0) is 0 Å². The van der Waals surface area contributed by atoms with Gasteiger partial charge in [0.05, 0.1) is 15.7 Å². The third-order valence-electron chi connectivity index (χ3n) is 4.89. The van der Waals surface area contributed by atoms with Crippen molar-refractivity contribution in [2.75, 3.05) is 31.5 Å². The normalized spacial score (nSPS) is 20.5. The maximum atomic E-state index is 12.4. The zero-order valence-corrected chi connectivity index (χ0v) is 14.7. The van der Waals surface area contributed by atoms with Crippen LogP contribution in [0.2, 0.25) is 10.0 Å². The molecule has 23 heavy (non-hydrogen) atoms. The quantitative estimate of drug-likeness (QED) is 0.848. The Hall–Kier alpha value is -0.970. The number of carbonyl (C=O) groups excluding carboxylic acids is 1. The smallest absolute Gasteiger partial charge is 0.321 e. The molecule has 0 spiro atoms. The van der Waals surface area contributed by atoms with E-state index in [4.69, 9.17) is 23.2 Å². The van der Waals surface area contributed by atoms with Crippen LogP contribution in [0, 0.1) is 0 Å². The fourth-order valence-electron chi connectivity index (χ4n) is 3.53. The second-order valence-electron chi connectivity index (χ2n) is 6.35. The number of urea groups is 1. The highest BCUT2D eigenvalue weighted by Gasteiger charge is 2.27. The van der Waals surface area contributed by atoms with E-state index in [2.05, 4.69) is 10.2 Å². The van der Waals surface area contributed by atoms with Crippen LogP contribution < -0.4 is 5.32 Å². The number of benzene rings is 1. The number of halogens is 2. The Morgan fingerprint density at radius 1 is 1.04 bits per heavy atom. The van der Waals surface area contributed by atoms with Crippen molar-refractivity contribution in [1.29, 1.82) is 0 Å². The fourth-order valence-corrected chi connectivity index (χ4v) is 3.88. The minimum Gasteiger partial charge on any atom is -0.322 e. The van der Waals surface area contributed by atoms with Crippen LogP contribution in [0.5, 0.6) is 0 Å². The van der Waals surface area contributed by atoms with E-state index < -0.39 is 0 Å². The van der Waals surface area contributed by atoms with Crippen LogP contribution in [0.4, 0.5) is 10.5 Å². The average Bonchev–Trinajstić information content (AvgIpc) is 2.60. The summed E-state index contributed by atoms with van der Waals surface area (Å²) in [4.78, 5) is 16.8. The van der Waals surface area contributed by atoms with Gasteiger partial charge in [-0.05, 0) is 25.0 Å². The standard InChI is InChI=1S/C17H23Cl2N3O/c18-14-7-4-8-15(16(14)19)20-17(23)22-11-9-21(10-12-22)13-5-2-1-3-6-13/h4,7-8,13H,1-3,5-6,9-12H2,(H,20,23). The average molecular weight is 356 g/mol. The number of amides is 2. The third kappa shape index (κ3) is 4.11. The summed E-state index contributed by atoms with van der Waals surface area (Å²) in [5.41, 5.74) is 0.568. The molecule has 3 rings (SSSR count). The van der Waals surface area contributed by atoms with Crippen LogP contribution in [-0.4, -0.2) is 48.1 Å². The van der Waals surface area contributed by atoms with Crippen molar-refractivity contribution in [3.63, 3.8) is 0 Å². The third-order valence-corrected chi connectivity index (χ3v) is 5.70. The zero-order chi connectivity index (χ0) is 16.2. The van der Waals surface area contributed by atoms with Gasteiger partial charge < -0.3 is 10.2 Å². The molecule has 0 radical (unpaired) electrons. The van der Waals surface area contributed by atoms with Gasteiger partial charge in [0.25, 0.3) is 0 Å². The maximum Gasteiger partial charge on any atom is 0.321 e. The van der Waals surface area contributed by atoms with Gasteiger partial charge >= 0.3 is 6.03 Å². The maximum absolute atomic E-state index is 12.4. The van der Waals surface area contributed by atoms with Gasteiger partial charge in [-0.3, -0.25) is 4.90 Å². The van der Waals surface area contributed by atoms with Gasteiger partial charge in [-0.1, -0.05) is 48.5 Å². The molecular formula is C17H23Cl2N3O. The van der Waals surface area contributed by atoms with E-state index in [-0.39, 0.29) is 6.03 Å². The first kappa shape index (κ1) is 16.9. The largest absolute Gasteiger partial charge is 0.322 e. The summed E-state index contributed by atoms with van der Waals surface area (Å²) in [5, 5.41) is 3.71. The van der Waals surface area contributed by atoms with E-state index in [1.165, 1.54) is 32.1 Å². The molecule has 1 aromatic carbocycles. The summed E-state index contributed by atoms with van der Waals surface area (Å²) >= 11 is 12.1. The van der Waals surface area contributed by atoms with Crippen molar-refractivity contribution in [2.45, 2.75) is 38.1 Å². The molecule has 0 bridgehead atoms. The van der Waals surface area contributed by atoms with Crippen LogP contribution in [0.3, 0.4) is 0 Å². The minimum atomic E-state index is -0.0996. The van der Waals surface area contributed by atoms with Crippen LogP contribution in [0.1, 0.15) is 32.1 Å². The molecule has 126 valence electrons. The predicted molar refractivity (Wildman–Crippen MR) is 95.5 cm³/mol. The molecule has 0 aromatic heterocycles. The molecule has 1 aliphatic carbocycles.